The molecule has 0 fully saturated rings. The molecule has 7 amide bonds. The zero-order valence-electron chi connectivity index (χ0n) is 90.1. The lowest BCUT2D eigenvalue weighted by Crippen LogP contribution is -2.51. The molecule has 0 aromatic heterocycles. The smallest absolute Gasteiger partial charge is 0.407 e. The largest absolute Gasteiger partial charge is 0.444 e. The van der Waals surface area contributed by atoms with Gasteiger partial charge in [0.25, 0.3) is 0 Å². The minimum atomic E-state index is -0.701. The number of nitrogens with two attached hydrogens (primary N) is 4. The summed E-state index contributed by atoms with van der Waals surface area (Å²) in [5, 5.41) is 7.67. The molecule has 0 bridgehead atoms. The van der Waals surface area contributed by atoms with Crippen molar-refractivity contribution in [1.82, 2.24) is 16.0 Å². The fourth-order valence-electron chi connectivity index (χ4n) is 14.9. The van der Waals surface area contributed by atoms with Crippen LogP contribution in [0.25, 0.3) is 0 Å². The maximum atomic E-state index is 11.5. The van der Waals surface area contributed by atoms with Crippen LogP contribution in [-0.4, -0.2) is 411 Å². The van der Waals surface area contributed by atoms with E-state index in [1.165, 1.54) is 149 Å². The van der Waals surface area contributed by atoms with Crippen LogP contribution in [0.5, 0.6) is 0 Å². The summed E-state index contributed by atoms with van der Waals surface area (Å²) in [6.45, 7) is 85.6. The molecular weight excluding hydrogens is 1700 g/mol. The molecule has 0 aliphatic heterocycles. The minimum absolute atomic E-state index is 0.190. The van der Waals surface area contributed by atoms with Crippen LogP contribution in [0.1, 0.15) is 236 Å². The Hall–Kier alpha value is -5.95. The summed E-state index contributed by atoms with van der Waals surface area (Å²) in [7, 11) is 16.9. The van der Waals surface area contributed by atoms with Gasteiger partial charge >= 0.3 is 42.7 Å². The monoisotopic (exact) mass is 1910 g/mol. The van der Waals surface area contributed by atoms with Crippen molar-refractivity contribution in [3.05, 3.63) is 24.3 Å². The summed E-state index contributed by atoms with van der Waals surface area (Å²) in [6, 6.07) is 0. The number of amides is 7. The molecule has 2 unspecified atom stereocenters. The zero-order valence-corrected chi connectivity index (χ0v) is 91.7. The number of alkyl carbamates (subject to hydrolysis) is 3. The van der Waals surface area contributed by atoms with Gasteiger partial charge in [0.15, 0.2) is 0 Å². The van der Waals surface area contributed by atoms with Crippen molar-refractivity contribution in [2.45, 2.75) is 236 Å². The Kier molecular flexibility index (Phi) is 99.2. The number of quaternary nitrogens is 9. The Bertz CT molecular complexity index is 2750. The molecule has 0 aliphatic carbocycles. The van der Waals surface area contributed by atoms with Crippen LogP contribution in [0.15, 0.2) is 24.3 Å². The third-order valence-corrected chi connectivity index (χ3v) is 25.4. The molecule has 0 rings (SSSR count). The first-order valence-corrected chi connectivity index (χ1v) is 51.6. The van der Waals surface area contributed by atoms with Crippen LogP contribution in [0.2, 0.25) is 0 Å². The summed E-state index contributed by atoms with van der Waals surface area (Å²) in [5.74, 6) is 1.89. The van der Waals surface area contributed by atoms with E-state index in [9.17, 15) is 43.2 Å². The summed E-state index contributed by atoms with van der Waals surface area (Å²) in [5.41, 5.74) is 19.5. The summed E-state index contributed by atoms with van der Waals surface area (Å²) < 4.78 is 42.8. The van der Waals surface area contributed by atoms with Crippen molar-refractivity contribution in [2.75, 3.05) is 318 Å². The molecule has 130 heavy (non-hydrogen) atoms. The van der Waals surface area contributed by atoms with E-state index < -0.39 is 24.4 Å². The van der Waals surface area contributed by atoms with E-state index in [2.05, 4.69) is 166 Å². The Balaban J connectivity index is -0.000000182. The fraction of sp³-hybridized carbons (Fsp3) is 0.865. The lowest BCUT2D eigenvalue weighted by atomic mass is 10.2. The van der Waals surface area contributed by atoms with Crippen molar-refractivity contribution in [1.29, 1.82) is 0 Å². The predicted molar refractivity (Wildman–Crippen MR) is 546 cm³/mol. The highest BCUT2D eigenvalue weighted by atomic mass is 32.2. The average molecular weight is 1910 g/mol. The van der Waals surface area contributed by atoms with E-state index in [0.717, 1.165) is 200 Å². The molecule has 34 heteroatoms. The number of rotatable bonds is 62. The molecule has 0 saturated heterocycles. The molecular formula is C96H213N16O16S2+9. The van der Waals surface area contributed by atoms with Crippen LogP contribution >= 0.6 is 23.5 Å². The SMILES string of the molecule is C/C=C/C(=O)SCC[N+](CC)(CCC)CCC.C/C=C/C(=O)SCC[N+](CC)(CCC)CCCC.CCCC[N+](CC)(CCC)CCOC(N)=O.CCC[N+](CC)(CCC)CCOC(=O)NC.CCC[N+](CC)(CCC)CCOC(N)=O.CC[N+](CC)(CC)CCOC(=O)NC.CC[N+](CC)(CC)CCOC(N)=O.CNC(=O)OCC[N+](C)(C)C.C[N+](C)(C)CCOC(N)=O. The highest BCUT2D eigenvalue weighted by molar-refractivity contribution is 8.14. The molecule has 11 N–H and O–H groups in total. The van der Waals surface area contributed by atoms with Crippen LogP contribution in [0, 0.1) is 0 Å². The van der Waals surface area contributed by atoms with Crippen molar-refractivity contribution in [3.63, 3.8) is 0 Å². The second-order valence-corrected chi connectivity index (χ2v) is 37.3. The topological polar surface area (TPSA) is 358 Å². The molecule has 0 spiro atoms. The average Bonchev–Trinajstić information content (AvgIpc) is 0.891. The zero-order chi connectivity index (χ0) is 102. The van der Waals surface area contributed by atoms with Crippen LogP contribution in [0.3, 0.4) is 0 Å². The van der Waals surface area contributed by atoms with Gasteiger partial charge in [-0.05, 0) is 166 Å². The standard InChI is InChI=1S/C15H30NOS.C14H28NOS.2C12H26N2O2.C11H24N2O2.C10H22N2O2.C9H20N2O2.C7H16N2O2.C6H14N2O2/c1-5-9-12-16(8-4,11-7-3)13-14-18-15(17)10-6-2;1-5-9-14(16)17-13-12-15(8-4,10-6-2)11-7-3;1-5-8-14(7-3,9-6-2)10-11-16-12(15)13-4;1-4-7-9-14(6-3,8-5-2)10-11-16-12(13)15;1-4-7-13(6-3,8-5-2)9-10-15-11(12)14;1-5-12(6-2,7-3)8-9-14-10(13)11-4;1-4-11(5-2,6-3)7-8-13-9(10)12;1-8-7(10)11-6-5-9(2,3)4;1-8(2,3)4-5-10-6(7)9/h6,10H,5,7-9,11-14H2,1-4H3;5,9H,6-8,10-13H2,1-4H3;5-11H2,1-4H3;4-11H2,1-3H3,(H-,13,15);4-10H2,1-3H3,(H-,12,14);5-9H2,1-4H3;4-8H2,1-3H3,(H-,10,12);5-6H2,1-4H3;4-5H2,1-3H3,(H-,7,9)/q2*+1;;;;;;;/p+7/b10-6+;9-5+;;;;;;;. The number of ether oxygens (including phenoxy) is 7. The maximum Gasteiger partial charge on any atom is 0.407 e. The number of hydrogen-bond donors (Lipinski definition) is 7. The highest BCUT2D eigenvalue weighted by Crippen LogP contribution is 2.18. The number of allylic oxidation sites excluding steroid dienone is 2. The molecule has 0 radical (unpaired) electrons. The van der Waals surface area contributed by atoms with Gasteiger partial charge in [-0.2, -0.15) is 0 Å². The van der Waals surface area contributed by atoms with Gasteiger partial charge in [0, 0.05) is 21.1 Å². The summed E-state index contributed by atoms with van der Waals surface area (Å²) in [6.07, 6.45) is 17.7. The number of primary amides is 4. The maximum absolute atomic E-state index is 11.5. The van der Waals surface area contributed by atoms with Crippen LogP contribution in [-0.2, 0) is 42.7 Å². The van der Waals surface area contributed by atoms with Gasteiger partial charge < -0.3 is 112 Å². The molecule has 0 heterocycles. The fourth-order valence-corrected chi connectivity index (χ4v) is 16.7. The summed E-state index contributed by atoms with van der Waals surface area (Å²) in [4.78, 5) is 96.6. The van der Waals surface area contributed by atoms with E-state index in [1.54, 1.807) is 33.3 Å². The second kappa shape index (κ2) is 90.8. The quantitative estimate of drug-likeness (QED) is 0.0169. The van der Waals surface area contributed by atoms with E-state index in [0.29, 0.717) is 46.2 Å². The summed E-state index contributed by atoms with van der Waals surface area (Å²) >= 11 is 2.91. The minimum Gasteiger partial charge on any atom is -0.444 e. The van der Waals surface area contributed by atoms with Gasteiger partial charge in [0.05, 0.1) is 204 Å². The third kappa shape index (κ3) is 86.2. The van der Waals surface area contributed by atoms with Gasteiger partial charge in [0.2, 0.25) is 10.2 Å². The van der Waals surface area contributed by atoms with E-state index in [4.69, 9.17) is 51.4 Å². The van der Waals surface area contributed by atoms with Crippen LogP contribution < -0.4 is 38.9 Å². The molecule has 32 nitrogen and oxygen atoms in total. The third-order valence-electron chi connectivity index (χ3n) is 23.8. The lowest BCUT2D eigenvalue weighted by molar-refractivity contribution is -0.926. The first kappa shape index (κ1) is 142. The number of carbonyl (C=O) groups is 9. The number of hydrogen-bond acceptors (Lipinski definition) is 18. The van der Waals surface area contributed by atoms with Crippen molar-refractivity contribution >= 4 is 76.4 Å². The van der Waals surface area contributed by atoms with Crippen molar-refractivity contribution in [2.24, 2.45) is 22.9 Å². The van der Waals surface area contributed by atoms with Crippen LogP contribution in [0.4, 0.5) is 33.6 Å². The number of nitrogens with zero attached hydrogens (tertiary/aromatic N) is 9. The van der Waals surface area contributed by atoms with Crippen molar-refractivity contribution < 1.29 is 117 Å². The second-order valence-electron chi connectivity index (χ2n) is 35.1. The number of unbranched alkanes of at least 4 members (excludes halogenated alkanes) is 2. The van der Waals surface area contributed by atoms with Gasteiger partial charge in [-0.15, -0.1) is 0 Å². The molecule has 0 aliphatic rings. The molecule has 2 atom stereocenters. The Morgan fingerprint density at radius 1 is 0.246 bits per heavy atom. The number of carbonyl (C=O) groups excluding carboxylic acids is 9. The molecule has 0 saturated carbocycles. The van der Waals surface area contributed by atoms with Gasteiger partial charge in [-0.1, -0.05) is 118 Å². The van der Waals surface area contributed by atoms with Gasteiger partial charge in [-0.3, -0.25) is 9.59 Å². The first-order valence-electron chi connectivity index (χ1n) is 49.6. The Morgan fingerprint density at radius 3 is 0.600 bits per heavy atom. The van der Waals surface area contributed by atoms with Gasteiger partial charge in [-0.25, -0.2) is 33.6 Å². The van der Waals surface area contributed by atoms with Crippen molar-refractivity contribution in [3.8, 4) is 0 Å². The Labute approximate surface area is 805 Å². The van der Waals surface area contributed by atoms with E-state index in [-0.39, 0.29) is 28.5 Å². The predicted octanol–water partition coefficient (Wildman–Crippen LogP) is 15.2. The molecule has 0 aromatic carbocycles. The lowest BCUT2D eigenvalue weighted by Gasteiger charge is -2.37. The number of nitrogens with one attached hydrogen (secondary N) is 3. The first-order chi connectivity index (χ1) is 61.2. The number of thioether (sulfide) groups is 2. The molecule has 0 aromatic rings. The highest BCUT2D eigenvalue weighted by Gasteiger charge is 2.29. The number of likely N-dealkylation sites (N-methyl/N-ethyl adjacent to an activating group) is 7. The Morgan fingerprint density at radius 2 is 0.423 bits per heavy atom. The van der Waals surface area contributed by atoms with Gasteiger partial charge in [0.1, 0.15) is 92.1 Å². The normalized spacial score (nSPS) is 12.2. The molecule has 776 valence electrons. The van der Waals surface area contributed by atoms with E-state index in [1.807, 2.05) is 68.3 Å². The van der Waals surface area contributed by atoms with E-state index >= 15 is 0 Å².